The zero-order valence-corrected chi connectivity index (χ0v) is 14.2. The predicted octanol–water partition coefficient (Wildman–Crippen LogP) is 3.82. The van der Waals surface area contributed by atoms with Crippen LogP contribution < -0.4 is 5.73 Å². The molecular weight excluding hydrogens is 331 g/mol. The molecule has 0 saturated heterocycles. The monoisotopic (exact) mass is 351 g/mol. The van der Waals surface area contributed by atoms with Gasteiger partial charge in [0, 0.05) is 12.0 Å². The lowest BCUT2D eigenvalue weighted by Crippen LogP contribution is -2.34. The highest BCUT2D eigenvalue weighted by atomic mass is 19.1. The summed E-state index contributed by atoms with van der Waals surface area (Å²) in [7, 11) is 0. The van der Waals surface area contributed by atoms with Gasteiger partial charge in [-0.1, -0.05) is 12.1 Å². The van der Waals surface area contributed by atoms with E-state index in [9.17, 15) is 18.0 Å². The molecule has 3 atom stereocenters. The van der Waals surface area contributed by atoms with Gasteiger partial charge in [-0.05, 0) is 55.7 Å². The van der Waals surface area contributed by atoms with E-state index in [1.54, 1.807) is 13.8 Å². The van der Waals surface area contributed by atoms with E-state index >= 15 is 0 Å². The van der Waals surface area contributed by atoms with Gasteiger partial charge < -0.3 is 10.5 Å². The van der Waals surface area contributed by atoms with Gasteiger partial charge in [0.2, 0.25) is 0 Å². The highest BCUT2D eigenvalue weighted by molar-refractivity contribution is 5.75. The van der Waals surface area contributed by atoms with Crippen LogP contribution >= 0.6 is 0 Å². The fourth-order valence-corrected chi connectivity index (χ4v) is 2.77. The molecule has 25 heavy (non-hydrogen) atoms. The minimum atomic E-state index is -0.838. The van der Waals surface area contributed by atoms with Crippen molar-refractivity contribution in [3.63, 3.8) is 0 Å². The number of hydrogen-bond donors (Lipinski definition) is 1. The molecule has 0 aromatic heterocycles. The average molecular weight is 351 g/mol. The number of ether oxygens (including phenoxy) is 1. The molecule has 0 aliphatic rings. The van der Waals surface area contributed by atoms with Crippen molar-refractivity contribution in [1.82, 2.24) is 0 Å². The van der Waals surface area contributed by atoms with Crippen LogP contribution in [0.2, 0.25) is 0 Å². The molecule has 2 rings (SSSR count). The average Bonchev–Trinajstić information content (AvgIpc) is 2.51. The van der Waals surface area contributed by atoms with E-state index in [1.165, 1.54) is 31.2 Å². The van der Waals surface area contributed by atoms with Crippen LogP contribution in [0.25, 0.3) is 0 Å². The van der Waals surface area contributed by atoms with Crippen molar-refractivity contribution in [1.29, 1.82) is 0 Å². The van der Waals surface area contributed by atoms with E-state index < -0.39 is 41.5 Å². The highest BCUT2D eigenvalue weighted by Gasteiger charge is 2.29. The molecule has 0 amide bonds. The van der Waals surface area contributed by atoms with E-state index in [0.717, 1.165) is 12.1 Å². The van der Waals surface area contributed by atoms with Crippen LogP contribution in [0.1, 0.15) is 36.5 Å². The van der Waals surface area contributed by atoms with Crippen molar-refractivity contribution >= 4 is 5.97 Å². The molecule has 2 aromatic rings. The minimum absolute atomic E-state index is 0.154. The Hall–Kier alpha value is -2.34. The number of carbonyl (C=O) groups excluding carboxylic acids is 1. The second kappa shape index (κ2) is 7.70. The van der Waals surface area contributed by atoms with Gasteiger partial charge in [-0.2, -0.15) is 0 Å². The maximum absolute atomic E-state index is 14.4. The summed E-state index contributed by atoms with van der Waals surface area (Å²) in [5.41, 5.74) is 6.81. The maximum atomic E-state index is 14.4. The van der Waals surface area contributed by atoms with Crippen molar-refractivity contribution in [3.8, 4) is 0 Å². The topological polar surface area (TPSA) is 52.3 Å². The smallest absolute Gasteiger partial charge is 0.322 e. The van der Waals surface area contributed by atoms with Gasteiger partial charge in [-0.3, -0.25) is 4.79 Å². The molecule has 0 saturated carbocycles. The highest BCUT2D eigenvalue weighted by Crippen LogP contribution is 2.34. The third-order valence-corrected chi connectivity index (χ3v) is 4.01. The second-order valence-electron chi connectivity index (χ2n) is 6.08. The zero-order valence-electron chi connectivity index (χ0n) is 14.2. The molecule has 0 heterocycles. The SMILES string of the molecule is Cc1cc(F)ccc1[C@@H](c1ccc(F)cc1F)[C@H](C)OC(=O)[C@H](C)N. The van der Waals surface area contributed by atoms with Gasteiger partial charge in [0.25, 0.3) is 0 Å². The van der Waals surface area contributed by atoms with Crippen molar-refractivity contribution in [2.75, 3.05) is 0 Å². The van der Waals surface area contributed by atoms with E-state index in [1.807, 2.05) is 0 Å². The predicted molar refractivity (Wildman–Crippen MR) is 88.5 cm³/mol. The summed E-state index contributed by atoms with van der Waals surface area (Å²) in [5, 5.41) is 0. The number of halogens is 3. The van der Waals surface area contributed by atoms with Crippen molar-refractivity contribution < 1.29 is 22.7 Å². The second-order valence-corrected chi connectivity index (χ2v) is 6.08. The maximum Gasteiger partial charge on any atom is 0.322 e. The fourth-order valence-electron chi connectivity index (χ4n) is 2.77. The van der Waals surface area contributed by atoms with Crippen molar-refractivity contribution in [2.45, 2.75) is 38.8 Å². The van der Waals surface area contributed by atoms with E-state index in [4.69, 9.17) is 10.5 Å². The third-order valence-electron chi connectivity index (χ3n) is 4.01. The molecular formula is C19H20F3NO2. The molecule has 0 fully saturated rings. The summed E-state index contributed by atoms with van der Waals surface area (Å²) in [5.74, 6) is -3.28. The Morgan fingerprint density at radius 1 is 1.00 bits per heavy atom. The fraction of sp³-hybridized carbons (Fsp3) is 0.316. The molecule has 6 heteroatoms. The quantitative estimate of drug-likeness (QED) is 0.833. The Labute approximate surface area is 144 Å². The van der Waals surface area contributed by atoms with Gasteiger partial charge in [0.1, 0.15) is 29.6 Å². The van der Waals surface area contributed by atoms with E-state index in [2.05, 4.69) is 0 Å². The van der Waals surface area contributed by atoms with Gasteiger partial charge in [-0.25, -0.2) is 13.2 Å². The first kappa shape index (κ1) is 19.0. The summed E-state index contributed by atoms with van der Waals surface area (Å²) < 4.78 is 46.4. The van der Waals surface area contributed by atoms with Crippen LogP contribution in [-0.2, 0) is 9.53 Å². The molecule has 2 aromatic carbocycles. The number of aryl methyl sites for hydroxylation is 1. The van der Waals surface area contributed by atoms with Gasteiger partial charge >= 0.3 is 5.97 Å². The summed E-state index contributed by atoms with van der Waals surface area (Å²) >= 11 is 0. The van der Waals surface area contributed by atoms with Crippen LogP contribution in [0.5, 0.6) is 0 Å². The van der Waals surface area contributed by atoms with Crippen LogP contribution in [0.3, 0.4) is 0 Å². The van der Waals surface area contributed by atoms with E-state index in [-0.39, 0.29) is 5.56 Å². The normalized spacial score (nSPS) is 14.7. The number of nitrogens with two attached hydrogens (primary N) is 1. The van der Waals surface area contributed by atoms with Crippen molar-refractivity contribution in [2.24, 2.45) is 5.73 Å². The lowest BCUT2D eigenvalue weighted by Gasteiger charge is -2.27. The molecule has 134 valence electrons. The van der Waals surface area contributed by atoms with Gasteiger partial charge in [-0.15, -0.1) is 0 Å². The summed E-state index contributed by atoms with van der Waals surface area (Å²) in [4.78, 5) is 11.8. The van der Waals surface area contributed by atoms with E-state index in [0.29, 0.717) is 11.1 Å². The van der Waals surface area contributed by atoms with Gasteiger partial charge in [0.15, 0.2) is 0 Å². The van der Waals surface area contributed by atoms with Crippen LogP contribution in [0.4, 0.5) is 13.2 Å². The van der Waals surface area contributed by atoms with Crippen LogP contribution in [-0.4, -0.2) is 18.1 Å². The Morgan fingerprint density at radius 3 is 2.08 bits per heavy atom. The molecule has 0 bridgehead atoms. The molecule has 0 spiro atoms. The third kappa shape index (κ3) is 4.39. The van der Waals surface area contributed by atoms with Crippen LogP contribution in [0, 0.1) is 24.4 Å². The number of benzene rings is 2. The Balaban J connectivity index is 2.52. The number of esters is 1. The largest absolute Gasteiger partial charge is 0.461 e. The first-order valence-electron chi connectivity index (χ1n) is 7.87. The Morgan fingerprint density at radius 2 is 1.56 bits per heavy atom. The Bertz CT molecular complexity index is 726. The lowest BCUT2D eigenvalue weighted by molar-refractivity contribution is -0.150. The number of rotatable bonds is 5. The molecule has 0 radical (unpaired) electrons. The minimum Gasteiger partial charge on any atom is -0.461 e. The molecule has 0 unspecified atom stereocenters. The van der Waals surface area contributed by atoms with Crippen molar-refractivity contribution in [3.05, 3.63) is 70.5 Å². The first-order chi connectivity index (χ1) is 11.7. The number of carbonyl (C=O) groups is 1. The summed E-state index contributed by atoms with van der Waals surface area (Å²) in [6.45, 7) is 4.75. The summed E-state index contributed by atoms with van der Waals surface area (Å²) in [6.07, 6.45) is -0.789. The molecule has 0 aliphatic heterocycles. The van der Waals surface area contributed by atoms with Gasteiger partial charge in [0.05, 0.1) is 0 Å². The Kier molecular flexibility index (Phi) is 5.85. The standard InChI is InChI=1S/C19H20F3NO2/c1-10-8-13(20)4-6-15(10)18(12(3)25-19(24)11(2)23)16-7-5-14(21)9-17(16)22/h4-9,11-12,18H,23H2,1-3H3/t11-,12-,18-/m0/s1. The number of hydrogen-bond acceptors (Lipinski definition) is 3. The molecule has 0 aliphatic carbocycles. The first-order valence-corrected chi connectivity index (χ1v) is 7.87. The zero-order chi connectivity index (χ0) is 18.7. The van der Waals surface area contributed by atoms with Crippen LogP contribution in [0.15, 0.2) is 36.4 Å². The lowest BCUT2D eigenvalue weighted by atomic mass is 9.84. The summed E-state index contributed by atoms with van der Waals surface area (Å²) in [6, 6.07) is 6.42. The molecule has 2 N–H and O–H groups in total. The molecule has 3 nitrogen and oxygen atoms in total.